The Morgan fingerprint density at radius 3 is 1.97 bits per heavy atom. The predicted molar refractivity (Wildman–Crippen MR) is 100 cm³/mol. The minimum Gasteiger partial charge on any atom is -0.462 e. The van der Waals surface area contributed by atoms with E-state index in [0.717, 1.165) is 0 Å². The van der Waals surface area contributed by atoms with Gasteiger partial charge in [-0.25, -0.2) is 4.79 Å². The van der Waals surface area contributed by atoms with Crippen molar-refractivity contribution in [3.63, 3.8) is 0 Å². The second kappa shape index (κ2) is 7.37. The van der Waals surface area contributed by atoms with Crippen molar-refractivity contribution in [1.29, 1.82) is 0 Å². The van der Waals surface area contributed by atoms with Gasteiger partial charge < -0.3 is 14.2 Å². The van der Waals surface area contributed by atoms with Gasteiger partial charge in [-0.15, -0.1) is 0 Å². The predicted octanol–water partition coefficient (Wildman–Crippen LogP) is 3.10. The number of azide groups is 2. The number of esters is 3. The molecule has 2 bridgehead atoms. The topological polar surface area (TPSA) is 176 Å². The molecule has 3 rings (SSSR count). The number of carbonyl (C=O) groups excluding carboxylic acids is 3. The molecule has 30 heavy (non-hydrogen) atoms. The zero-order valence-corrected chi connectivity index (χ0v) is 17.3. The zero-order chi connectivity index (χ0) is 22.3. The fraction of sp³-hybridized carbons (Fsp3) is 0.833. The molecule has 1 saturated heterocycles. The van der Waals surface area contributed by atoms with Crippen molar-refractivity contribution in [2.75, 3.05) is 0 Å². The molecule has 2 saturated carbocycles. The third kappa shape index (κ3) is 3.03. The summed E-state index contributed by atoms with van der Waals surface area (Å²) in [7, 11) is 0. The van der Waals surface area contributed by atoms with E-state index in [1.807, 2.05) is 0 Å². The van der Waals surface area contributed by atoms with Gasteiger partial charge >= 0.3 is 17.9 Å². The van der Waals surface area contributed by atoms with Crippen LogP contribution in [-0.4, -0.2) is 47.8 Å². The van der Waals surface area contributed by atoms with Gasteiger partial charge in [0.15, 0.2) is 0 Å². The van der Waals surface area contributed by atoms with Gasteiger partial charge in [-0.3, -0.25) is 9.59 Å². The highest BCUT2D eigenvalue weighted by molar-refractivity contribution is 5.93. The quantitative estimate of drug-likeness (QED) is 0.217. The van der Waals surface area contributed by atoms with Crippen LogP contribution in [0.25, 0.3) is 20.9 Å². The molecular formula is C18H24N6O6. The summed E-state index contributed by atoms with van der Waals surface area (Å²) in [6, 6.07) is -1.63. The number of hydrogen-bond acceptors (Lipinski definition) is 8. The third-order valence-electron chi connectivity index (χ3n) is 7.19. The van der Waals surface area contributed by atoms with Crippen LogP contribution in [0.3, 0.4) is 0 Å². The molecule has 12 heteroatoms. The number of carbonyl (C=O) groups is 3. The lowest BCUT2D eigenvalue weighted by molar-refractivity contribution is -0.190. The zero-order valence-electron chi connectivity index (χ0n) is 17.3. The minimum absolute atomic E-state index is 0.000837. The lowest BCUT2D eigenvalue weighted by Gasteiger charge is -2.39. The van der Waals surface area contributed by atoms with Crippen LogP contribution in [0.15, 0.2) is 10.2 Å². The second-order valence-electron chi connectivity index (χ2n) is 8.78. The van der Waals surface area contributed by atoms with Crippen LogP contribution in [0.2, 0.25) is 0 Å². The monoisotopic (exact) mass is 420 g/mol. The van der Waals surface area contributed by atoms with E-state index in [2.05, 4.69) is 20.1 Å². The maximum Gasteiger partial charge on any atom is 0.351 e. The first-order chi connectivity index (χ1) is 14.0. The van der Waals surface area contributed by atoms with E-state index in [1.54, 1.807) is 20.8 Å². The standard InChI is InChI=1S/C18H24N6O6/c1-9(25)28-12-7-11(22-24-20)13(8-10(12)21-23-19)29-15(27)18-6-5-17(4,14(26)30-18)16(18,2)3/h10-13H,5-8H2,1-4H3/t10-,11+,12-,13+,17-,18+/m0/s1. The fourth-order valence-corrected chi connectivity index (χ4v) is 4.87. The van der Waals surface area contributed by atoms with Gasteiger partial charge in [0.25, 0.3) is 0 Å². The van der Waals surface area contributed by atoms with Crippen molar-refractivity contribution in [3.8, 4) is 0 Å². The number of hydrogen-bond donors (Lipinski definition) is 0. The Morgan fingerprint density at radius 1 is 1.03 bits per heavy atom. The van der Waals surface area contributed by atoms with Crippen LogP contribution in [0, 0.1) is 10.8 Å². The first kappa shape index (κ1) is 21.7. The van der Waals surface area contributed by atoms with Crippen molar-refractivity contribution in [2.45, 2.75) is 83.3 Å². The Kier molecular flexibility index (Phi) is 5.34. The summed E-state index contributed by atoms with van der Waals surface area (Å²) in [4.78, 5) is 42.6. The smallest absolute Gasteiger partial charge is 0.351 e. The van der Waals surface area contributed by atoms with Crippen molar-refractivity contribution in [3.05, 3.63) is 20.9 Å². The van der Waals surface area contributed by atoms with E-state index in [0.29, 0.717) is 12.8 Å². The molecule has 3 aliphatic rings. The van der Waals surface area contributed by atoms with Crippen LogP contribution < -0.4 is 0 Å². The van der Waals surface area contributed by atoms with Crippen LogP contribution in [0.1, 0.15) is 53.4 Å². The van der Waals surface area contributed by atoms with Gasteiger partial charge in [0.1, 0.15) is 12.2 Å². The number of fused-ring (bicyclic) bond motifs is 2. The third-order valence-corrected chi connectivity index (χ3v) is 7.19. The van der Waals surface area contributed by atoms with Crippen molar-refractivity contribution in [2.24, 2.45) is 21.1 Å². The molecule has 1 aliphatic heterocycles. The average molecular weight is 420 g/mol. The maximum absolute atomic E-state index is 13.2. The Balaban J connectivity index is 1.86. The van der Waals surface area contributed by atoms with E-state index in [1.165, 1.54) is 6.92 Å². The molecular weight excluding hydrogens is 396 g/mol. The summed E-state index contributed by atoms with van der Waals surface area (Å²) in [6.07, 6.45) is -0.882. The molecule has 0 aromatic rings. The highest BCUT2D eigenvalue weighted by Crippen LogP contribution is 2.66. The summed E-state index contributed by atoms with van der Waals surface area (Å²) in [6.45, 7) is 6.60. The Morgan fingerprint density at radius 2 is 1.57 bits per heavy atom. The van der Waals surface area contributed by atoms with Gasteiger partial charge in [-0.05, 0) is 43.7 Å². The SMILES string of the molecule is CC(=O)O[C@H]1C[C@@H](N=[N+]=[N-])[C@H](OC(=O)[C@@]23CC[C@@](C)(C(=O)O2)C3(C)C)C[C@@H]1N=[N+]=[N-]. The normalized spacial score (nSPS) is 38.6. The van der Waals surface area contributed by atoms with Gasteiger partial charge in [0, 0.05) is 22.2 Å². The lowest BCUT2D eigenvalue weighted by atomic mass is 9.66. The first-order valence-electron chi connectivity index (χ1n) is 9.72. The molecule has 0 spiro atoms. The lowest BCUT2D eigenvalue weighted by Crippen LogP contribution is -2.53. The van der Waals surface area contributed by atoms with Crippen molar-refractivity contribution >= 4 is 17.9 Å². The molecule has 2 aliphatic carbocycles. The van der Waals surface area contributed by atoms with E-state index < -0.39 is 58.6 Å². The summed E-state index contributed by atoms with van der Waals surface area (Å²) in [5.41, 5.74) is 14.8. The van der Waals surface area contributed by atoms with E-state index >= 15 is 0 Å². The van der Waals surface area contributed by atoms with Crippen molar-refractivity contribution in [1.82, 2.24) is 0 Å². The number of ether oxygens (including phenoxy) is 3. The second-order valence-corrected chi connectivity index (χ2v) is 8.78. The molecule has 162 valence electrons. The molecule has 3 fully saturated rings. The molecule has 1 heterocycles. The summed E-state index contributed by atoms with van der Waals surface area (Å²) < 4.78 is 16.5. The van der Waals surface area contributed by atoms with Crippen molar-refractivity contribution < 1.29 is 28.6 Å². The highest BCUT2D eigenvalue weighted by atomic mass is 16.6. The largest absolute Gasteiger partial charge is 0.462 e. The maximum atomic E-state index is 13.2. The average Bonchev–Trinajstić information content (AvgIpc) is 2.95. The molecule has 0 amide bonds. The van der Waals surface area contributed by atoms with Crippen LogP contribution in [0.5, 0.6) is 0 Å². The highest BCUT2D eigenvalue weighted by Gasteiger charge is 2.76. The Hall–Kier alpha value is -2.97. The fourth-order valence-electron chi connectivity index (χ4n) is 4.87. The van der Waals surface area contributed by atoms with Gasteiger partial charge in [0.2, 0.25) is 5.60 Å². The summed E-state index contributed by atoms with van der Waals surface area (Å²) in [5.74, 6) is -1.72. The number of nitrogens with zero attached hydrogens (tertiary/aromatic N) is 6. The molecule has 0 aromatic carbocycles. The van der Waals surface area contributed by atoms with E-state index in [9.17, 15) is 14.4 Å². The molecule has 0 unspecified atom stereocenters. The minimum atomic E-state index is -1.43. The summed E-state index contributed by atoms with van der Waals surface area (Å²) >= 11 is 0. The van der Waals surface area contributed by atoms with Crippen LogP contribution in [0.4, 0.5) is 0 Å². The molecule has 6 atom stereocenters. The van der Waals surface area contributed by atoms with Crippen LogP contribution >= 0.6 is 0 Å². The van der Waals surface area contributed by atoms with E-state index in [-0.39, 0.29) is 12.8 Å². The van der Waals surface area contributed by atoms with Gasteiger partial charge in [-0.1, -0.05) is 24.1 Å². The molecule has 0 radical (unpaired) electrons. The molecule has 12 nitrogen and oxygen atoms in total. The van der Waals surface area contributed by atoms with Gasteiger partial charge in [-0.2, -0.15) is 0 Å². The molecule has 0 aromatic heterocycles. The van der Waals surface area contributed by atoms with E-state index in [4.69, 9.17) is 25.3 Å². The Labute approximate surface area is 172 Å². The Bertz CT molecular complexity index is 878. The van der Waals surface area contributed by atoms with Gasteiger partial charge in [0.05, 0.1) is 17.5 Å². The first-order valence-corrected chi connectivity index (χ1v) is 9.72. The number of rotatable bonds is 5. The molecule has 0 N–H and O–H groups in total. The van der Waals surface area contributed by atoms with Crippen LogP contribution in [-0.2, 0) is 28.6 Å². The summed E-state index contributed by atoms with van der Waals surface area (Å²) in [5, 5.41) is 7.35.